The van der Waals surface area contributed by atoms with Crippen molar-refractivity contribution in [2.75, 3.05) is 0 Å². The van der Waals surface area contributed by atoms with E-state index >= 15 is 0 Å². The van der Waals surface area contributed by atoms with E-state index in [0.717, 1.165) is 12.8 Å². The van der Waals surface area contributed by atoms with E-state index in [4.69, 9.17) is 0 Å². The van der Waals surface area contributed by atoms with E-state index in [0.29, 0.717) is 0 Å². The Labute approximate surface area is 165 Å². The molecule has 0 saturated carbocycles. The maximum absolute atomic E-state index is 2.24. The van der Waals surface area contributed by atoms with Gasteiger partial charge in [-0.1, -0.05) is 66.2 Å². The standard InChI is InChI=1S/C19H17.C5H5.Ti/c1-3-8-16(9-4-1)14-18-12-7-13-19(18)15-17-10-5-2-6-11-17;1-2-4-5-3-1;/h1-13H,14-15H2;1-5H;/q-1;-5;. The molecule has 0 atom stereocenters. The maximum Gasteiger partial charge on any atom is 0 e. The van der Waals surface area contributed by atoms with Crippen LogP contribution in [0.4, 0.5) is 0 Å². The van der Waals surface area contributed by atoms with Gasteiger partial charge in [0.25, 0.3) is 0 Å². The Kier molecular flexibility index (Phi) is 8.18. The predicted molar refractivity (Wildman–Crippen MR) is 103 cm³/mol. The first-order chi connectivity index (χ1) is 11.9. The second kappa shape index (κ2) is 10.7. The fraction of sp³-hybridized carbons (Fsp3) is 0.0833. The molecule has 4 aromatic carbocycles. The molecule has 0 N–H and O–H groups in total. The molecule has 25 heavy (non-hydrogen) atoms. The first-order valence-electron chi connectivity index (χ1n) is 8.40. The summed E-state index contributed by atoms with van der Waals surface area (Å²) in [5.74, 6) is 0. The maximum atomic E-state index is 2.24. The second-order valence-corrected chi connectivity index (χ2v) is 5.86. The predicted octanol–water partition coefficient (Wildman–Crippen LogP) is 5.99. The van der Waals surface area contributed by atoms with Crippen LogP contribution in [-0.4, -0.2) is 0 Å². The summed E-state index contributed by atoms with van der Waals surface area (Å²) < 4.78 is 0. The van der Waals surface area contributed by atoms with Crippen LogP contribution < -0.4 is 0 Å². The normalized spacial score (nSPS) is 9.60. The van der Waals surface area contributed by atoms with Crippen LogP contribution in [0.15, 0.2) is 109 Å². The van der Waals surface area contributed by atoms with Crippen LogP contribution >= 0.6 is 0 Å². The molecule has 0 saturated heterocycles. The molecule has 0 aliphatic heterocycles. The molecule has 0 bridgehead atoms. The van der Waals surface area contributed by atoms with Crippen LogP contribution in [0.25, 0.3) is 0 Å². The van der Waals surface area contributed by atoms with Gasteiger partial charge in [0.2, 0.25) is 0 Å². The molecule has 0 heterocycles. The third-order valence-corrected chi connectivity index (χ3v) is 4.04. The van der Waals surface area contributed by atoms with Crippen LogP contribution in [0.5, 0.6) is 0 Å². The van der Waals surface area contributed by atoms with E-state index in [-0.39, 0.29) is 21.7 Å². The minimum atomic E-state index is 0. The van der Waals surface area contributed by atoms with E-state index in [1.54, 1.807) is 0 Å². The number of rotatable bonds is 4. The van der Waals surface area contributed by atoms with Gasteiger partial charge in [-0.05, 0) is 18.4 Å². The Morgan fingerprint density at radius 3 is 1.68 bits per heavy atom. The van der Waals surface area contributed by atoms with Gasteiger partial charge in [0.05, 0.1) is 0 Å². The second-order valence-electron chi connectivity index (χ2n) is 5.86. The van der Waals surface area contributed by atoms with Crippen LogP contribution in [0.2, 0.25) is 0 Å². The molecule has 0 radical (unpaired) electrons. The molecule has 0 aromatic heterocycles. The van der Waals surface area contributed by atoms with Crippen LogP contribution in [-0.2, 0) is 34.6 Å². The summed E-state index contributed by atoms with van der Waals surface area (Å²) in [6.07, 6.45) is 2.05. The van der Waals surface area contributed by atoms with Crippen LogP contribution in [0.1, 0.15) is 22.3 Å². The van der Waals surface area contributed by atoms with Gasteiger partial charge in [-0.2, -0.15) is 11.6 Å². The smallest absolute Gasteiger partial charge is 0 e. The largest absolute Gasteiger partial charge is 0.748 e. The van der Waals surface area contributed by atoms with Crippen molar-refractivity contribution in [3.05, 3.63) is 131 Å². The minimum Gasteiger partial charge on any atom is -0.748 e. The average Bonchev–Trinajstić information content (AvgIpc) is 3.33. The van der Waals surface area contributed by atoms with Gasteiger partial charge < -0.3 is 30.3 Å². The Balaban J connectivity index is 0.000000325. The molecule has 0 aliphatic carbocycles. The fourth-order valence-electron chi connectivity index (χ4n) is 2.79. The monoisotopic (exact) mass is 358 g/mol. The van der Waals surface area contributed by atoms with Crippen LogP contribution in [0, 0.1) is 0 Å². The van der Waals surface area contributed by atoms with Crippen molar-refractivity contribution in [1.82, 2.24) is 0 Å². The van der Waals surface area contributed by atoms with Gasteiger partial charge in [-0.15, -0.1) is 5.56 Å². The van der Waals surface area contributed by atoms with Gasteiger partial charge in [-0.25, -0.2) is 12.1 Å². The first-order valence-corrected chi connectivity index (χ1v) is 8.40. The Morgan fingerprint density at radius 1 is 0.600 bits per heavy atom. The van der Waals surface area contributed by atoms with Gasteiger partial charge >= 0.3 is 0 Å². The van der Waals surface area contributed by atoms with Crippen molar-refractivity contribution < 1.29 is 21.7 Å². The number of hydrogen-bond acceptors (Lipinski definition) is 0. The Hall–Kier alpha value is -2.15. The van der Waals surface area contributed by atoms with Crippen LogP contribution in [0.3, 0.4) is 0 Å². The summed E-state index contributed by atoms with van der Waals surface area (Å²) >= 11 is 0. The van der Waals surface area contributed by atoms with Crippen molar-refractivity contribution >= 4 is 0 Å². The molecule has 0 unspecified atom stereocenters. The zero-order chi connectivity index (χ0) is 16.5. The SMILES string of the molecule is [Ti].[cH-]1[cH-][cH-][cH-][cH-]1.c1ccc(Cc2ccc[c-]2Cc2ccccc2)cc1. The van der Waals surface area contributed by atoms with Gasteiger partial charge in [0.1, 0.15) is 0 Å². The Morgan fingerprint density at radius 2 is 1.12 bits per heavy atom. The average molecular weight is 358 g/mol. The van der Waals surface area contributed by atoms with E-state index in [1.165, 1.54) is 22.3 Å². The van der Waals surface area contributed by atoms with E-state index in [9.17, 15) is 0 Å². The molecule has 0 fully saturated rings. The van der Waals surface area contributed by atoms with Crippen molar-refractivity contribution in [2.45, 2.75) is 12.8 Å². The third kappa shape index (κ3) is 6.34. The molecular formula is C24H22Ti-6. The molecule has 4 rings (SSSR count). The molecule has 0 spiro atoms. The molecule has 0 aliphatic rings. The molecule has 4 aromatic rings. The van der Waals surface area contributed by atoms with Gasteiger partial charge in [-0.3, -0.25) is 0 Å². The van der Waals surface area contributed by atoms with Crippen molar-refractivity contribution in [1.29, 1.82) is 0 Å². The third-order valence-electron chi connectivity index (χ3n) is 4.04. The fourth-order valence-corrected chi connectivity index (χ4v) is 2.79. The Bertz CT molecular complexity index is 722. The zero-order valence-corrected chi connectivity index (χ0v) is 15.9. The summed E-state index contributed by atoms with van der Waals surface area (Å²) in [7, 11) is 0. The quantitative estimate of drug-likeness (QED) is 0.310. The summed E-state index contributed by atoms with van der Waals surface area (Å²) in [5.41, 5.74) is 5.64. The topological polar surface area (TPSA) is 0 Å². The molecule has 0 nitrogen and oxygen atoms in total. The summed E-state index contributed by atoms with van der Waals surface area (Å²) in [4.78, 5) is 0. The van der Waals surface area contributed by atoms with E-state index in [2.05, 4.69) is 78.9 Å². The van der Waals surface area contributed by atoms with Crippen molar-refractivity contribution in [3.63, 3.8) is 0 Å². The summed E-state index contributed by atoms with van der Waals surface area (Å²) in [6.45, 7) is 0. The van der Waals surface area contributed by atoms with Crippen molar-refractivity contribution in [2.24, 2.45) is 0 Å². The number of benzene rings is 2. The molecular weight excluding hydrogens is 336 g/mol. The summed E-state index contributed by atoms with van der Waals surface area (Å²) in [6, 6.07) is 38.0. The minimum absolute atomic E-state index is 0. The first kappa shape index (κ1) is 19.2. The van der Waals surface area contributed by atoms with Gasteiger partial charge in [0, 0.05) is 21.7 Å². The zero-order valence-electron chi connectivity index (χ0n) is 14.3. The molecule has 0 amide bonds. The van der Waals surface area contributed by atoms with E-state index in [1.807, 2.05) is 30.3 Å². The molecule has 1 heteroatoms. The summed E-state index contributed by atoms with van der Waals surface area (Å²) in [5, 5.41) is 0. The van der Waals surface area contributed by atoms with Crippen molar-refractivity contribution in [3.8, 4) is 0 Å². The van der Waals surface area contributed by atoms with Gasteiger partial charge in [0.15, 0.2) is 0 Å². The molecule has 128 valence electrons. The number of hydrogen-bond donors (Lipinski definition) is 0. The van der Waals surface area contributed by atoms with E-state index < -0.39 is 0 Å².